The van der Waals surface area contributed by atoms with E-state index < -0.39 is 31.4 Å². The predicted octanol–water partition coefficient (Wildman–Crippen LogP) is 24.2. The smallest absolute Gasteiger partial charge is 0.156 e. The number of sulfone groups is 1. The van der Waals surface area contributed by atoms with E-state index in [9.17, 15) is 16.8 Å². The summed E-state index contributed by atoms with van der Waals surface area (Å²) in [6.07, 6.45) is 44.4. The topological polar surface area (TPSA) is 117 Å². The first-order valence-electron chi connectivity index (χ1n) is 38.4. The van der Waals surface area contributed by atoms with E-state index in [4.69, 9.17) is 5.53 Å². The fourth-order valence-corrected chi connectivity index (χ4v) is 25.3. The summed E-state index contributed by atoms with van der Waals surface area (Å²) in [5.41, 5.74) is 8.28. The van der Waals surface area contributed by atoms with Gasteiger partial charge in [0.05, 0.1) is 10.5 Å². The lowest BCUT2D eigenvalue weighted by atomic mass is 9.94. The molecule has 7 nitrogen and oxygen atoms in total. The molecule has 10 fully saturated rings. The molecule has 0 N–H and O–H groups in total. The third kappa shape index (κ3) is 43.0. The van der Waals surface area contributed by atoms with Crippen LogP contribution in [0.4, 0.5) is 0 Å². The molecule has 0 aromatic carbocycles. The van der Waals surface area contributed by atoms with Crippen LogP contribution in [-0.2, 0) is 31.4 Å². The average molecular weight is 1370 g/mol. The largest absolute Gasteiger partial charge is 0.259 e. The Labute approximate surface area is 598 Å². The highest BCUT2D eigenvalue weighted by atomic mass is 32.2. The molecule has 15 radical (unpaired) electrons. The Bertz CT molecular complexity index is 1590. The minimum absolute atomic E-state index is 0. The summed E-state index contributed by atoms with van der Waals surface area (Å²) in [6.45, 7) is 49.4. The van der Waals surface area contributed by atoms with Crippen molar-refractivity contribution >= 4 is 97.0 Å². The van der Waals surface area contributed by atoms with Gasteiger partial charge in [0.25, 0.3) is 0 Å². The van der Waals surface area contributed by atoms with E-state index in [0.717, 1.165) is 84.4 Å². The van der Waals surface area contributed by atoms with Crippen LogP contribution in [0.3, 0.4) is 0 Å². The summed E-state index contributed by atoms with van der Waals surface area (Å²) in [6, 6.07) is 0. The molecule has 10 rings (SSSR count). The summed E-state index contributed by atoms with van der Waals surface area (Å²) in [4.78, 5) is 2.85. The van der Waals surface area contributed by atoms with Gasteiger partial charge < -0.3 is 0 Å². The number of azide groups is 1. The van der Waals surface area contributed by atoms with E-state index in [1.54, 1.807) is 0 Å². The van der Waals surface area contributed by atoms with Crippen LogP contribution in [0.2, 0.25) is 0 Å². The lowest BCUT2D eigenvalue weighted by molar-refractivity contribution is 0.455. The molecule has 5 saturated carbocycles. The molecule has 5 saturated heterocycles. The molecule has 0 bridgehead atoms. The van der Waals surface area contributed by atoms with Crippen LogP contribution in [0.5, 0.6) is 0 Å². The minimum atomic E-state index is -2.76. The molecule has 0 amide bonds. The number of nitrogens with zero attached hydrogens (tertiary/aromatic N) is 3. The summed E-state index contributed by atoms with van der Waals surface area (Å²) in [5.74, 6) is 4.14. The van der Waals surface area contributed by atoms with Crippen LogP contribution in [0, 0.1) is 29.6 Å². The highest BCUT2D eigenvalue weighted by molar-refractivity contribution is 8.01. The van der Waals surface area contributed by atoms with E-state index in [-0.39, 0.29) is 52.6 Å². The summed E-state index contributed by atoms with van der Waals surface area (Å²) < 4.78 is 48.3. The van der Waals surface area contributed by atoms with Crippen LogP contribution in [0.15, 0.2) is 5.11 Å². The van der Waals surface area contributed by atoms with Gasteiger partial charge in [0, 0.05) is 117 Å². The second-order valence-electron chi connectivity index (χ2n) is 22.5. The van der Waals surface area contributed by atoms with Gasteiger partial charge in [-0.05, 0) is 157 Å². The molecule has 5 aliphatic heterocycles. The Morgan fingerprint density at radius 2 is 0.681 bits per heavy atom. The quantitative estimate of drug-likeness (QED) is 0.113. The van der Waals surface area contributed by atoms with Crippen molar-refractivity contribution < 1.29 is 16.8 Å². The number of hydrogen-bond donors (Lipinski definition) is 0. The van der Waals surface area contributed by atoms with Crippen molar-refractivity contribution in [2.45, 2.75) is 437 Å². The maximum absolute atomic E-state index is 12.1. The van der Waals surface area contributed by atoms with E-state index >= 15 is 0 Å². The van der Waals surface area contributed by atoms with Gasteiger partial charge in [-0.1, -0.05) is 268 Å². The van der Waals surface area contributed by atoms with E-state index in [1.807, 2.05) is 145 Å². The molecule has 0 aromatic heterocycles. The molecule has 5 aliphatic carbocycles. The second kappa shape index (κ2) is 77.9. The van der Waals surface area contributed by atoms with Crippen LogP contribution in [0.1, 0.15) is 384 Å². The van der Waals surface area contributed by atoms with E-state index in [0.29, 0.717) is 38.7 Å². The molecular formula is C74H157B5N3O4S5. The van der Waals surface area contributed by atoms with Crippen molar-refractivity contribution in [2.75, 3.05) is 6.54 Å². The standard InChI is InChI=1S/C11H20O2S.2C11H20OS.C11H20S.C10H17N3S.10C2H6.5B/c1-2-10-8-9-6-4-3-5-7-11(9)14(10,12)13;2*1-2-10-8-9-6-4-3-5-7-11(9)13(10)12;1-2-10-8-9-6-4-3-5-7-11(9)12-10;11-13-12-7-9-6-8-4-2-1-3-5-10(8)14-9;10*1-2;;;;;/h9-11H,2-8H2,1H3;2*9-11H,2-8H2,1H3;9-11H,2-8H2,1H3;8-10H,1-7H2;10*1-2H3;;;;;/t9-,10?,11+;9-,10?,11+,13+;9-,10?,11+,13-;9-,10?,11+;8-,9?,10+;;;;;;;;;;;;;;;/m00000.............../s1. The SMILES string of the molecule is CC.CC.CC.CC.CC.CC.CC.CC.CC.CC.CCC1C[C@@H]2CCCCC[C@H]2S1.CCC1C[C@@H]2CCCCC[C@H]2S1(=O)=O.CCC1C[C@@H]2CCCCC[C@H]2[S@@]1=O.CCC1C[C@@H]2CCCCC[C@H]2[S@]1=O.[B].[B].[B].[B].[B].[N-]=[N+]=NCC1C[C@@H]2CCCCC[C@H]2S1. The molecule has 0 aromatic rings. The molecule has 17 heteroatoms. The van der Waals surface area contributed by atoms with Crippen molar-refractivity contribution in [3.63, 3.8) is 0 Å². The maximum atomic E-state index is 12.1. The molecule has 10 aliphatic rings. The van der Waals surface area contributed by atoms with Crippen LogP contribution >= 0.6 is 23.5 Å². The van der Waals surface area contributed by atoms with Crippen molar-refractivity contribution in [1.82, 2.24) is 0 Å². The number of hydrogen-bond acceptors (Lipinski definition) is 7. The Hall–Kier alpha value is 0.585. The van der Waals surface area contributed by atoms with Gasteiger partial charge in [-0.15, -0.1) is 0 Å². The Balaban J connectivity index is -0.000000104. The summed E-state index contributed by atoms with van der Waals surface area (Å²) in [5, 5.41) is 9.47. The normalized spacial score (nSPS) is 31.4. The summed E-state index contributed by atoms with van der Waals surface area (Å²) >= 11 is 4.39. The molecule has 5 heterocycles. The molecule has 91 heavy (non-hydrogen) atoms. The van der Waals surface area contributed by atoms with Gasteiger partial charge >= 0.3 is 0 Å². The Morgan fingerprint density at radius 3 is 1.02 bits per heavy atom. The molecule has 5 unspecified atom stereocenters. The van der Waals surface area contributed by atoms with Gasteiger partial charge in [-0.2, -0.15) is 23.5 Å². The third-order valence-electron chi connectivity index (χ3n) is 18.3. The third-order valence-corrected chi connectivity index (χ3v) is 29.6. The fourth-order valence-electron chi connectivity index (χ4n) is 14.4. The first kappa shape index (κ1) is 113. The van der Waals surface area contributed by atoms with Crippen LogP contribution < -0.4 is 0 Å². The molecule has 537 valence electrons. The Morgan fingerprint density at radius 1 is 0.374 bits per heavy atom. The minimum Gasteiger partial charge on any atom is -0.259 e. The number of thioether (sulfide) groups is 2. The van der Waals surface area contributed by atoms with Gasteiger partial charge in [0.2, 0.25) is 0 Å². The maximum Gasteiger partial charge on any atom is 0.156 e. The molecular weight excluding hydrogens is 1210 g/mol. The predicted molar refractivity (Wildman–Crippen MR) is 432 cm³/mol. The first-order valence-corrected chi connectivity index (χ1v) is 44.5. The van der Waals surface area contributed by atoms with E-state index in [2.05, 4.69) is 54.3 Å². The number of fused-ring (bicyclic) bond motifs is 5. The highest BCUT2D eigenvalue weighted by Crippen LogP contribution is 2.48. The Kier molecular flexibility index (Phi) is 96.7. The van der Waals surface area contributed by atoms with E-state index in [1.165, 1.54) is 173 Å². The van der Waals surface area contributed by atoms with Crippen molar-refractivity contribution in [1.29, 1.82) is 0 Å². The average Bonchev–Trinajstić information content (AvgIpc) is 3.72. The monoisotopic (exact) mass is 1370 g/mol. The van der Waals surface area contributed by atoms with Gasteiger partial charge in [-0.25, -0.2) is 8.42 Å². The zero-order chi connectivity index (χ0) is 66.9. The van der Waals surface area contributed by atoms with Crippen LogP contribution in [-0.4, -0.2) is 118 Å². The molecule has 17 atom stereocenters. The first-order chi connectivity index (χ1) is 42.1. The zero-order valence-corrected chi connectivity index (χ0v) is 69.4. The van der Waals surface area contributed by atoms with Gasteiger partial charge in [0.15, 0.2) is 9.84 Å². The number of rotatable bonds is 6. The highest BCUT2D eigenvalue weighted by Gasteiger charge is 2.46. The lowest BCUT2D eigenvalue weighted by Gasteiger charge is -2.13. The van der Waals surface area contributed by atoms with Gasteiger partial charge in [0.1, 0.15) is 0 Å². The van der Waals surface area contributed by atoms with Crippen molar-refractivity contribution in [3.05, 3.63) is 10.4 Å². The molecule has 0 spiro atoms. The fraction of sp³-hybridized carbons (Fsp3) is 1.00. The van der Waals surface area contributed by atoms with Gasteiger partial charge in [-0.3, -0.25) is 8.42 Å². The second-order valence-corrected chi connectivity index (χ2v) is 31.9. The lowest BCUT2D eigenvalue weighted by Crippen LogP contribution is -2.24. The summed E-state index contributed by atoms with van der Waals surface area (Å²) in [7, 11) is -3.74. The van der Waals surface area contributed by atoms with Crippen LogP contribution in [0.25, 0.3) is 10.4 Å². The van der Waals surface area contributed by atoms with Crippen molar-refractivity contribution in [2.24, 2.45) is 34.7 Å². The van der Waals surface area contributed by atoms with Crippen molar-refractivity contribution in [3.8, 4) is 0 Å². The zero-order valence-electron chi connectivity index (χ0n) is 65.3.